The van der Waals surface area contributed by atoms with Crippen LogP contribution < -0.4 is 5.73 Å². The van der Waals surface area contributed by atoms with Crippen molar-refractivity contribution in [1.82, 2.24) is 4.90 Å². The number of rotatable bonds is 5. The molecule has 0 heterocycles. The van der Waals surface area contributed by atoms with E-state index in [0.717, 1.165) is 13.1 Å². The lowest BCUT2D eigenvalue weighted by Crippen LogP contribution is -2.37. The predicted molar refractivity (Wildman–Crippen MR) is 60.6 cm³/mol. The second-order valence-electron chi connectivity index (χ2n) is 3.30. The van der Waals surface area contributed by atoms with Gasteiger partial charge in [0.25, 0.3) is 0 Å². The van der Waals surface area contributed by atoms with Crippen LogP contribution in [-0.4, -0.2) is 43.6 Å². The molecule has 2 N–H and O–H groups in total. The van der Waals surface area contributed by atoms with Gasteiger partial charge in [-0.25, -0.2) is 0 Å². The molecule has 0 rings (SSSR count). The van der Waals surface area contributed by atoms with E-state index in [9.17, 15) is 4.79 Å². The van der Waals surface area contributed by atoms with E-state index < -0.39 is 0 Å². The van der Waals surface area contributed by atoms with Gasteiger partial charge in [-0.1, -0.05) is 6.92 Å². The van der Waals surface area contributed by atoms with Gasteiger partial charge in [-0.3, -0.25) is 9.79 Å². The van der Waals surface area contributed by atoms with Crippen LogP contribution in [0.5, 0.6) is 0 Å². The first-order valence-corrected chi connectivity index (χ1v) is 5.19. The monoisotopic (exact) mass is 215 g/mol. The average Bonchev–Trinajstić information content (AvgIpc) is 2.26. The molecule has 0 fully saturated rings. The van der Waals surface area contributed by atoms with E-state index >= 15 is 0 Å². The van der Waals surface area contributed by atoms with E-state index in [1.807, 2.05) is 18.7 Å². The molecular weight excluding hydrogens is 194 g/mol. The normalized spacial score (nSPS) is 13.5. The Morgan fingerprint density at radius 3 is 2.40 bits per heavy atom. The summed E-state index contributed by atoms with van der Waals surface area (Å²) in [5.74, 6) is -0.0223. The van der Waals surface area contributed by atoms with Crippen LogP contribution >= 0.6 is 0 Å². The Morgan fingerprint density at radius 2 is 2.00 bits per heavy atom. The molecule has 0 saturated carbocycles. The van der Waals surface area contributed by atoms with Crippen molar-refractivity contribution in [3.63, 3.8) is 0 Å². The fourth-order valence-electron chi connectivity index (χ4n) is 1.15. The number of nitrogens with zero attached hydrogens (tertiary/aromatic N) is 2. The highest BCUT2D eigenvalue weighted by atomic mass is 16.5. The summed E-state index contributed by atoms with van der Waals surface area (Å²) in [5, 5.41) is 0. The molecule has 0 aliphatic carbocycles. The summed E-state index contributed by atoms with van der Waals surface area (Å²) in [6.07, 6.45) is 0. The minimum absolute atomic E-state index is 0.246. The van der Waals surface area contributed by atoms with Gasteiger partial charge in [0.05, 0.1) is 19.6 Å². The average molecular weight is 215 g/mol. The van der Waals surface area contributed by atoms with Gasteiger partial charge in [-0.15, -0.1) is 0 Å². The van der Waals surface area contributed by atoms with Gasteiger partial charge in [0.15, 0.2) is 5.96 Å². The van der Waals surface area contributed by atoms with Crippen LogP contribution in [0.1, 0.15) is 20.8 Å². The summed E-state index contributed by atoms with van der Waals surface area (Å²) in [7, 11) is 1.37. The molecule has 15 heavy (non-hydrogen) atoms. The molecule has 0 aliphatic rings. The molecule has 5 nitrogen and oxygen atoms in total. The lowest BCUT2D eigenvalue weighted by molar-refractivity contribution is -0.144. The fourth-order valence-corrected chi connectivity index (χ4v) is 1.15. The van der Waals surface area contributed by atoms with Gasteiger partial charge >= 0.3 is 5.97 Å². The highest BCUT2D eigenvalue weighted by Gasteiger charge is 2.12. The zero-order chi connectivity index (χ0) is 11.8. The van der Waals surface area contributed by atoms with Crippen molar-refractivity contribution >= 4 is 11.9 Å². The van der Waals surface area contributed by atoms with Crippen LogP contribution in [0.15, 0.2) is 4.99 Å². The summed E-state index contributed by atoms with van der Waals surface area (Å²) in [6.45, 7) is 7.79. The van der Waals surface area contributed by atoms with Gasteiger partial charge in [-0.05, 0) is 13.8 Å². The standard InChI is InChI=1S/C10H21N3O2/c1-5-13(6-2)10(11)12-7-8(3)9(14)15-4/h8H,5-7H2,1-4H3,(H2,11,12). The second kappa shape index (κ2) is 7.09. The molecule has 0 aliphatic heterocycles. The number of methoxy groups -OCH3 is 1. The largest absolute Gasteiger partial charge is 0.469 e. The SMILES string of the molecule is CCN(CC)C(N)=NCC(C)C(=O)OC. The van der Waals surface area contributed by atoms with Gasteiger partial charge < -0.3 is 15.4 Å². The minimum Gasteiger partial charge on any atom is -0.469 e. The van der Waals surface area contributed by atoms with Crippen molar-refractivity contribution in [3.05, 3.63) is 0 Å². The molecule has 0 radical (unpaired) electrons. The summed E-state index contributed by atoms with van der Waals surface area (Å²) in [6, 6.07) is 0. The lowest BCUT2D eigenvalue weighted by Gasteiger charge is -2.19. The van der Waals surface area contributed by atoms with E-state index in [2.05, 4.69) is 9.73 Å². The first kappa shape index (κ1) is 13.7. The lowest BCUT2D eigenvalue weighted by atomic mass is 10.2. The Bertz CT molecular complexity index is 225. The number of hydrogen-bond acceptors (Lipinski definition) is 3. The van der Waals surface area contributed by atoms with Gasteiger partial charge in [0, 0.05) is 13.1 Å². The Balaban J connectivity index is 4.20. The Kier molecular flexibility index (Phi) is 6.49. The Morgan fingerprint density at radius 1 is 1.47 bits per heavy atom. The number of carbonyl (C=O) groups is 1. The number of esters is 1. The van der Waals surface area contributed by atoms with Crippen molar-refractivity contribution in [3.8, 4) is 0 Å². The number of nitrogens with two attached hydrogens (primary N) is 1. The maximum absolute atomic E-state index is 11.1. The Labute approximate surface area is 91.3 Å². The predicted octanol–water partition coefficient (Wildman–Crippen LogP) is 0.452. The molecule has 0 saturated heterocycles. The van der Waals surface area contributed by atoms with Crippen molar-refractivity contribution in [2.24, 2.45) is 16.6 Å². The summed E-state index contributed by atoms with van der Waals surface area (Å²) in [4.78, 5) is 17.2. The number of hydrogen-bond donors (Lipinski definition) is 1. The Hall–Kier alpha value is -1.26. The number of aliphatic imine (C=N–C) groups is 1. The highest BCUT2D eigenvalue weighted by molar-refractivity contribution is 5.78. The van der Waals surface area contributed by atoms with E-state index in [0.29, 0.717) is 12.5 Å². The number of guanidine groups is 1. The fraction of sp³-hybridized carbons (Fsp3) is 0.800. The molecular formula is C10H21N3O2. The van der Waals surface area contributed by atoms with E-state index in [1.54, 1.807) is 6.92 Å². The van der Waals surface area contributed by atoms with Crippen LogP contribution in [0, 0.1) is 5.92 Å². The molecule has 0 amide bonds. The number of carbonyl (C=O) groups excluding carboxylic acids is 1. The quantitative estimate of drug-likeness (QED) is 0.411. The van der Waals surface area contributed by atoms with E-state index in [-0.39, 0.29) is 11.9 Å². The van der Waals surface area contributed by atoms with Gasteiger partial charge in [0.1, 0.15) is 0 Å². The second-order valence-corrected chi connectivity index (χ2v) is 3.30. The highest BCUT2D eigenvalue weighted by Crippen LogP contribution is 1.98. The van der Waals surface area contributed by atoms with Crippen molar-refractivity contribution in [2.75, 3.05) is 26.7 Å². The van der Waals surface area contributed by atoms with Crippen LogP contribution in [0.4, 0.5) is 0 Å². The molecule has 5 heteroatoms. The molecule has 0 aromatic carbocycles. The van der Waals surface area contributed by atoms with Crippen molar-refractivity contribution in [1.29, 1.82) is 0 Å². The molecule has 0 aromatic heterocycles. The van der Waals surface area contributed by atoms with Crippen molar-refractivity contribution in [2.45, 2.75) is 20.8 Å². The third kappa shape index (κ3) is 4.67. The van der Waals surface area contributed by atoms with Gasteiger partial charge in [0.2, 0.25) is 0 Å². The molecule has 1 unspecified atom stereocenters. The maximum Gasteiger partial charge on any atom is 0.310 e. The third-order valence-corrected chi connectivity index (χ3v) is 2.22. The third-order valence-electron chi connectivity index (χ3n) is 2.22. The topological polar surface area (TPSA) is 67.9 Å². The molecule has 0 spiro atoms. The summed E-state index contributed by atoms with van der Waals surface area (Å²) < 4.78 is 4.59. The first-order chi connectivity index (χ1) is 7.06. The molecule has 0 aromatic rings. The summed E-state index contributed by atoms with van der Waals surface area (Å²) in [5.41, 5.74) is 5.75. The van der Waals surface area contributed by atoms with E-state index in [4.69, 9.17) is 5.73 Å². The van der Waals surface area contributed by atoms with Crippen molar-refractivity contribution < 1.29 is 9.53 Å². The molecule has 0 bridgehead atoms. The van der Waals surface area contributed by atoms with Crippen LogP contribution in [0.3, 0.4) is 0 Å². The molecule has 88 valence electrons. The van der Waals surface area contributed by atoms with Crippen LogP contribution in [0.25, 0.3) is 0 Å². The number of ether oxygens (including phenoxy) is 1. The molecule has 1 atom stereocenters. The van der Waals surface area contributed by atoms with Gasteiger partial charge in [-0.2, -0.15) is 0 Å². The van der Waals surface area contributed by atoms with E-state index in [1.165, 1.54) is 7.11 Å². The maximum atomic E-state index is 11.1. The smallest absolute Gasteiger partial charge is 0.310 e. The minimum atomic E-state index is -0.258. The zero-order valence-electron chi connectivity index (χ0n) is 9.99. The summed E-state index contributed by atoms with van der Waals surface area (Å²) >= 11 is 0. The zero-order valence-corrected chi connectivity index (χ0v) is 9.99. The van der Waals surface area contributed by atoms with Crippen LogP contribution in [0.2, 0.25) is 0 Å². The van der Waals surface area contributed by atoms with Crippen LogP contribution in [-0.2, 0) is 9.53 Å². The first-order valence-electron chi connectivity index (χ1n) is 5.19.